The van der Waals surface area contributed by atoms with Crippen molar-refractivity contribution in [3.8, 4) is 0 Å². The molecule has 5 heteroatoms. The minimum Gasteiger partial charge on any atom is -0.388 e. The highest BCUT2D eigenvalue weighted by molar-refractivity contribution is 5.96. The third-order valence-corrected chi connectivity index (χ3v) is 0.498. The van der Waals surface area contributed by atoms with Gasteiger partial charge in [0.15, 0.2) is 0 Å². The molecule has 3 N–H and O–H groups in total. The van der Waals surface area contributed by atoms with Crippen LogP contribution in [0.15, 0.2) is 0 Å². The molecule has 0 aliphatic rings. The first-order valence-corrected chi connectivity index (χ1v) is 4.36. The third-order valence-electron chi connectivity index (χ3n) is 0.498. The quantitative estimate of drug-likeness (QED) is 0.410. The molecule has 0 aromatic carbocycles. The maximum atomic E-state index is 10.0. The zero-order valence-corrected chi connectivity index (χ0v) is 10.0. The van der Waals surface area contributed by atoms with Crippen molar-refractivity contribution in [3.05, 3.63) is 0 Å². The average molecular weight is 216 g/mol. The molecular weight excluding hydrogens is 196 g/mol. The van der Waals surface area contributed by atoms with Gasteiger partial charge in [-0.05, 0) is 34.6 Å². The van der Waals surface area contributed by atoms with Gasteiger partial charge in [-0.3, -0.25) is 15.0 Å². The Balaban J connectivity index is -0.000000155. The van der Waals surface area contributed by atoms with Gasteiger partial charge in [0, 0.05) is 0 Å². The molecule has 0 aliphatic heterocycles. The molecule has 0 aliphatic carbocycles. The van der Waals surface area contributed by atoms with E-state index in [0.717, 1.165) is 0 Å². The van der Waals surface area contributed by atoms with Crippen LogP contribution in [0.1, 0.15) is 41.0 Å². The topological polar surface area (TPSA) is 101 Å². The summed E-state index contributed by atoms with van der Waals surface area (Å²) in [5, 5.41) is 6.28. The van der Waals surface area contributed by atoms with Crippen LogP contribution in [0.25, 0.3) is 0 Å². The lowest BCUT2D eigenvalue weighted by Gasteiger charge is -1.81. The average Bonchev–Trinajstić information content (AvgIpc) is 1.78. The molecule has 88 valence electrons. The van der Waals surface area contributed by atoms with E-state index in [1.54, 1.807) is 0 Å². The van der Waals surface area contributed by atoms with Crippen LogP contribution in [0.4, 0.5) is 0 Å². The molecule has 0 saturated carbocycles. The van der Waals surface area contributed by atoms with E-state index in [1.165, 1.54) is 34.6 Å². The Kier molecular flexibility index (Phi) is 15.9. The van der Waals surface area contributed by atoms with Gasteiger partial charge in [-0.2, -0.15) is 0 Å². The number of rotatable bonds is 2. The summed E-state index contributed by atoms with van der Waals surface area (Å²) < 4.78 is 0. The number of hydrogen-bond donors (Lipinski definition) is 2. The van der Waals surface area contributed by atoms with Gasteiger partial charge in [-0.15, -0.1) is 0 Å². The van der Waals surface area contributed by atoms with Crippen molar-refractivity contribution in [2.45, 2.75) is 41.0 Å². The van der Waals surface area contributed by atoms with E-state index in [0.29, 0.717) is 0 Å². The Morgan fingerprint density at radius 3 is 1.07 bits per heavy atom. The first-order chi connectivity index (χ1) is 6.59. The van der Waals surface area contributed by atoms with Crippen LogP contribution in [-0.2, 0) is 14.4 Å². The molecule has 0 aromatic rings. The molecule has 0 aromatic heterocycles. The molecule has 0 atom stereocenters. The number of nitrogens with two attached hydrogens (primary N) is 1. The molecular formula is C10H20N2O3. The molecule has 0 fully saturated rings. The van der Waals surface area contributed by atoms with Gasteiger partial charge in [0.1, 0.15) is 17.3 Å². The Morgan fingerprint density at radius 2 is 1.07 bits per heavy atom. The maximum Gasteiger partial charge on any atom is 0.137 e. The van der Waals surface area contributed by atoms with E-state index < -0.39 is 0 Å². The molecule has 0 bridgehead atoms. The summed E-state index contributed by atoms with van der Waals surface area (Å²) >= 11 is 0. The summed E-state index contributed by atoms with van der Waals surface area (Å²) in [5.41, 5.74) is 4.69. The second-order valence-corrected chi connectivity index (χ2v) is 3.17. The van der Waals surface area contributed by atoms with Crippen LogP contribution in [0.5, 0.6) is 0 Å². The van der Waals surface area contributed by atoms with Crippen LogP contribution in [0, 0.1) is 5.41 Å². The highest BCUT2D eigenvalue weighted by Crippen LogP contribution is 1.80. The van der Waals surface area contributed by atoms with Crippen LogP contribution >= 0.6 is 0 Å². The van der Waals surface area contributed by atoms with Crippen molar-refractivity contribution in [1.82, 2.24) is 0 Å². The summed E-state index contributed by atoms with van der Waals surface area (Å²) in [6, 6.07) is 0. The van der Waals surface area contributed by atoms with Crippen molar-refractivity contribution in [1.29, 1.82) is 5.41 Å². The van der Waals surface area contributed by atoms with Crippen LogP contribution < -0.4 is 5.73 Å². The van der Waals surface area contributed by atoms with Crippen molar-refractivity contribution < 1.29 is 14.4 Å². The Morgan fingerprint density at radius 1 is 0.933 bits per heavy atom. The van der Waals surface area contributed by atoms with E-state index in [-0.39, 0.29) is 29.6 Å². The summed E-state index contributed by atoms with van der Waals surface area (Å²) in [7, 11) is 0. The fourth-order valence-electron chi connectivity index (χ4n) is 0.351. The van der Waals surface area contributed by atoms with Crippen LogP contribution in [0.2, 0.25) is 0 Å². The normalized spacial score (nSPS) is 7.27. The number of hydrogen-bond acceptors (Lipinski definition) is 4. The lowest BCUT2D eigenvalue weighted by Crippen LogP contribution is -2.00. The number of amidine groups is 1. The van der Waals surface area contributed by atoms with E-state index in [9.17, 15) is 14.4 Å². The van der Waals surface area contributed by atoms with E-state index in [1.807, 2.05) is 0 Å². The van der Waals surface area contributed by atoms with E-state index in [4.69, 9.17) is 11.1 Å². The monoisotopic (exact) mass is 216 g/mol. The molecule has 0 saturated heterocycles. The van der Waals surface area contributed by atoms with Gasteiger partial charge in [0.05, 0.1) is 12.3 Å². The second-order valence-electron chi connectivity index (χ2n) is 3.17. The number of carbonyl (C=O) groups is 3. The smallest absolute Gasteiger partial charge is 0.137 e. The minimum atomic E-state index is -0.0625. The largest absolute Gasteiger partial charge is 0.388 e. The first kappa shape index (κ1) is 19.1. The molecule has 0 radical (unpaired) electrons. The summed E-state index contributed by atoms with van der Waals surface area (Å²) in [6.07, 6.45) is 0.0833. The molecule has 15 heavy (non-hydrogen) atoms. The van der Waals surface area contributed by atoms with Crippen molar-refractivity contribution in [2.24, 2.45) is 5.73 Å². The SMILES string of the molecule is CC(=N)N.CC(=O)CC(C)=O.CC(C)=O. The number of ketones is 3. The standard InChI is InChI=1S/C5H8O2.C3H6O.C2H6N2/c1-4(6)3-5(2)7;1-3(2)4;1-2(3)4/h3H2,1-2H3;1-2H3;1H3,(H3,3,4). The molecule has 0 heterocycles. The predicted octanol–water partition coefficient (Wildman–Crippen LogP) is 1.09. The molecule has 0 rings (SSSR count). The Hall–Kier alpha value is -1.52. The zero-order chi connectivity index (χ0) is 13.0. The fraction of sp³-hybridized carbons (Fsp3) is 0.600. The third kappa shape index (κ3) is 223. The molecule has 0 spiro atoms. The van der Waals surface area contributed by atoms with Crippen molar-refractivity contribution >= 4 is 23.2 Å². The fourth-order valence-corrected chi connectivity index (χ4v) is 0.351. The van der Waals surface area contributed by atoms with Gasteiger partial charge in [0.2, 0.25) is 0 Å². The van der Waals surface area contributed by atoms with Gasteiger partial charge >= 0.3 is 0 Å². The molecule has 0 unspecified atom stereocenters. The van der Waals surface area contributed by atoms with Gasteiger partial charge in [-0.25, -0.2) is 0 Å². The van der Waals surface area contributed by atoms with Crippen LogP contribution in [0.3, 0.4) is 0 Å². The van der Waals surface area contributed by atoms with Gasteiger partial charge in [-0.1, -0.05) is 0 Å². The zero-order valence-electron chi connectivity index (χ0n) is 10.0. The first-order valence-electron chi connectivity index (χ1n) is 4.36. The van der Waals surface area contributed by atoms with Gasteiger partial charge < -0.3 is 10.5 Å². The minimum absolute atomic E-state index is 0.0625. The second kappa shape index (κ2) is 12.5. The number of nitrogens with one attached hydrogen (secondary N) is 1. The van der Waals surface area contributed by atoms with Crippen LogP contribution in [-0.4, -0.2) is 23.2 Å². The summed E-state index contributed by atoms with van der Waals surface area (Å²) in [5.74, 6) is 0.208. The highest BCUT2D eigenvalue weighted by atomic mass is 16.1. The van der Waals surface area contributed by atoms with E-state index >= 15 is 0 Å². The predicted molar refractivity (Wildman–Crippen MR) is 59.9 cm³/mol. The number of carbonyl (C=O) groups excluding carboxylic acids is 3. The molecule has 5 nitrogen and oxygen atoms in total. The van der Waals surface area contributed by atoms with Gasteiger partial charge in [0.25, 0.3) is 0 Å². The molecule has 0 amide bonds. The lowest BCUT2D eigenvalue weighted by molar-refractivity contribution is -0.124. The number of Topliss-reactive ketones (excluding diaryl/α,β-unsaturated/α-hetero) is 3. The Bertz CT molecular complexity index is 203. The van der Waals surface area contributed by atoms with Crippen molar-refractivity contribution in [3.63, 3.8) is 0 Å². The highest BCUT2D eigenvalue weighted by Gasteiger charge is 1.94. The maximum absolute atomic E-state index is 10.0. The van der Waals surface area contributed by atoms with E-state index in [2.05, 4.69) is 0 Å². The summed E-state index contributed by atoms with van der Waals surface area (Å²) in [4.78, 5) is 29.5. The summed E-state index contributed by atoms with van der Waals surface area (Å²) in [6.45, 7) is 7.39. The lowest BCUT2D eigenvalue weighted by atomic mass is 10.2. The van der Waals surface area contributed by atoms with Crippen molar-refractivity contribution in [2.75, 3.05) is 0 Å². The Labute approximate surface area is 90.5 Å².